The lowest BCUT2D eigenvalue weighted by molar-refractivity contribution is -0.120. The number of piperidine rings is 1. The van der Waals surface area contributed by atoms with Crippen molar-refractivity contribution >= 4 is 34.4 Å². The summed E-state index contributed by atoms with van der Waals surface area (Å²) in [6.45, 7) is 0.0541. The largest absolute Gasteiger partial charge is 0.444 e. The van der Waals surface area contributed by atoms with Crippen molar-refractivity contribution in [3.8, 4) is 11.5 Å². The molecule has 2 heterocycles. The van der Waals surface area contributed by atoms with E-state index >= 15 is 0 Å². The van der Waals surface area contributed by atoms with E-state index in [4.69, 9.17) is 4.42 Å². The summed E-state index contributed by atoms with van der Waals surface area (Å²) in [5, 5.41) is 2.92. The molecule has 0 bridgehead atoms. The quantitative estimate of drug-likeness (QED) is 0.441. The van der Waals surface area contributed by atoms with E-state index in [-0.39, 0.29) is 36.9 Å². The summed E-state index contributed by atoms with van der Waals surface area (Å²) in [7, 11) is 0. The predicted molar refractivity (Wildman–Crippen MR) is 127 cm³/mol. The summed E-state index contributed by atoms with van der Waals surface area (Å²) in [5.74, 6) is -3.26. The Morgan fingerprint density at radius 3 is 2.70 bits per heavy atom. The Kier molecular flexibility index (Phi) is 7.06. The number of benzene rings is 2. The summed E-state index contributed by atoms with van der Waals surface area (Å²) >= 11 is 2.16. The van der Waals surface area contributed by atoms with Crippen LogP contribution in [0.15, 0.2) is 59.2 Å². The van der Waals surface area contributed by atoms with Crippen LogP contribution in [0.2, 0.25) is 0 Å². The van der Waals surface area contributed by atoms with Crippen molar-refractivity contribution in [3.63, 3.8) is 0 Å². The van der Waals surface area contributed by atoms with Gasteiger partial charge < -0.3 is 14.6 Å². The smallest absolute Gasteiger partial charge is 0.276 e. The molecule has 33 heavy (non-hydrogen) atoms. The molecule has 1 aliphatic heterocycles. The molecule has 4 rings (SSSR count). The first-order valence-electron chi connectivity index (χ1n) is 10.5. The Morgan fingerprint density at radius 2 is 1.97 bits per heavy atom. The van der Waals surface area contributed by atoms with E-state index in [2.05, 4.69) is 32.9 Å². The highest BCUT2D eigenvalue weighted by atomic mass is 127. The first-order valence-corrected chi connectivity index (χ1v) is 11.6. The van der Waals surface area contributed by atoms with Gasteiger partial charge in [-0.05, 0) is 52.3 Å². The maximum atomic E-state index is 13.6. The van der Waals surface area contributed by atoms with Crippen molar-refractivity contribution in [2.45, 2.75) is 31.7 Å². The second kappa shape index (κ2) is 9.98. The van der Waals surface area contributed by atoms with Gasteiger partial charge in [0.05, 0.1) is 13.0 Å². The van der Waals surface area contributed by atoms with Gasteiger partial charge >= 0.3 is 0 Å². The van der Waals surface area contributed by atoms with Gasteiger partial charge in [-0.3, -0.25) is 9.59 Å². The number of hydrogen-bond acceptors (Lipinski definition) is 4. The topological polar surface area (TPSA) is 75.4 Å². The van der Waals surface area contributed by atoms with Gasteiger partial charge in [0.1, 0.15) is 6.26 Å². The Labute approximate surface area is 203 Å². The second-order valence-electron chi connectivity index (χ2n) is 7.97. The minimum Gasteiger partial charge on any atom is -0.444 e. The lowest BCUT2D eigenvalue weighted by atomic mass is 10.1. The lowest BCUT2D eigenvalue weighted by Gasteiger charge is -2.31. The van der Waals surface area contributed by atoms with Gasteiger partial charge in [0.15, 0.2) is 5.69 Å². The average Bonchev–Trinajstić information content (AvgIpc) is 3.28. The monoisotopic (exact) mass is 565 g/mol. The zero-order valence-electron chi connectivity index (χ0n) is 17.7. The maximum Gasteiger partial charge on any atom is 0.276 e. The van der Waals surface area contributed by atoms with E-state index in [1.54, 1.807) is 6.07 Å². The van der Waals surface area contributed by atoms with Gasteiger partial charge in [-0.25, -0.2) is 13.8 Å². The first kappa shape index (κ1) is 23.3. The number of hydrogen-bond donors (Lipinski definition) is 1. The molecule has 1 aliphatic rings. The highest BCUT2D eigenvalue weighted by Crippen LogP contribution is 2.28. The van der Waals surface area contributed by atoms with Crippen LogP contribution in [0.1, 0.15) is 34.5 Å². The molecule has 3 aromatic rings. The van der Waals surface area contributed by atoms with Crippen molar-refractivity contribution < 1.29 is 22.8 Å². The molecule has 0 atom stereocenters. The van der Waals surface area contributed by atoms with Gasteiger partial charge in [0, 0.05) is 28.6 Å². The molecule has 1 aromatic heterocycles. The van der Waals surface area contributed by atoms with Crippen LogP contribution in [0.25, 0.3) is 11.5 Å². The van der Waals surface area contributed by atoms with Crippen molar-refractivity contribution in [3.05, 3.63) is 75.2 Å². The van der Waals surface area contributed by atoms with Crippen LogP contribution in [-0.4, -0.2) is 40.7 Å². The molecule has 0 radical (unpaired) electrons. The highest BCUT2D eigenvalue weighted by molar-refractivity contribution is 14.1. The van der Waals surface area contributed by atoms with E-state index < -0.39 is 18.4 Å². The highest BCUT2D eigenvalue weighted by Gasteiger charge is 2.38. The fraction of sp³-hybridized carbons (Fsp3) is 0.292. The number of carbonyl (C=O) groups is 2. The normalized spacial score (nSPS) is 15.3. The third-order valence-corrected chi connectivity index (χ3v) is 6.39. The number of rotatable bonds is 6. The summed E-state index contributed by atoms with van der Waals surface area (Å²) in [4.78, 5) is 30.1. The molecular formula is C24H22F2IN3O3. The number of aromatic nitrogens is 1. The number of nitrogens with zero attached hydrogens (tertiary/aromatic N) is 2. The van der Waals surface area contributed by atoms with Crippen LogP contribution in [0.4, 0.5) is 8.78 Å². The van der Waals surface area contributed by atoms with Gasteiger partial charge in [0.2, 0.25) is 11.8 Å². The number of amides is 2. The summed E-state index contributed by atoms with van der Waals surface area (Å²) < 4.78 is 33.6. The van der Waals surface area contributed by atoms with E-state index in [0.717, 1.165) is 19.6 Å². The van der Waals surface area contributed by atoms with E-state index in [1.807, 2.05) is 42.5 Å². The summed E-state index contributed by atoms with van der Waals surface area (Å²) in [6, 6.07) is 15.0. The van der Waals surface area contributed by atoms with E-state index in [1.165, 1.54) is 6.26 Å². The second-order valence-corrected chi connectivity index (χ2v) is 9.13. The van der Waals surface area contributed by atoms with Gasteiger partial charge in [-0.1, -0.05) is 36.4 Å². The number of oxazole rings is 1. The fourth-order valence-corrected chi connectivity index (χ4v) is 4.37. The summed E-state index contributed by atoms with van der Waals surface area (Å²) in [6.07, 6.45) is 1.56. The van der Waals surface area contributed by atoms with Gasteiger partial charge in [-0.2, -0.15) is 0 Å². The Hall–Kier alpha value is -2.82. The van der Waals surface area contributed by atoms with E-state index in [9.17, 15) is 18.4 Å². The summed E-state index contributed by atoms with van der Waals surface area (Å²) in [5.41, 5.74) is 2.54. The van der Waals surface area contributed by atoms with Crippen LogP contribution in [0.5, 0.6) is 0 Å². The van der Waals surface area contributed by atoms with Gasteiger partial charge in [-0.15, -0.1) is 0 Å². The Balaban J connectivity index is 1.38. The molecule has 6 nitrogen and oxygen atoms in total. The molecular weight excluding hydrogens is 543 g/mol. The number of carbonyl (C=O) groups excluding carboxylic acids is 2. The zero-order valence-corrected chi connectivity index (χ0v) is 19.8. The molecule has 1 N–H and O–H groups in total. The van der Waals surface area contributed by atoms with Crippen LogP contribution in [0, 0.1) is 3.57 Å². The van der Waals surface area contributed by atoms with Crippen LogP contribution in [0.3, 0.4) is 0 Å². The Morgan fingerprint density at radius 1 is 1.18 bits per heavy atom. The molecule has 0 unspecified atom stereocenters. The zero-order chi connectivity index (χ0) is 23.4. The number of halogens is 3. The number of nitrogens with one attached hydrogen (secondary N) is 1. The van der Waals surface area contributed by atoms with E-state index in [0.29, 0.717) is 18.5 Å². The minimum absolute atomic E-state index is 0.00922. The third kappa shape index (κ3) is 5.95. The lowest BCUT2D eigenvalue weighted by Crippen LogP contribution is -2.45. The van der Waals surface area contributed by atoms with Crippen LogP contribution < -0.4 is 5.32 Å². The third-order valence-electron chi connectivity index (χ3n) is 5.39. The molecule has 1 saturated heterocycles. The molecule has 9 heteroatoms. The molecule has 0 spiro atoms. The minimum atomic E-state index is -2.87. The molecule has 2 aromatic carbocycles. The van der Waals surface area contributed by atoms with Crippen LogP contribution >= 0.6 is 22.6 Å². The maximum absolute atomic E-state index is 13.6. The SMILES string of the molecule is O=C(Cc1ccccc1)NCc1ccc(-c2nc(C(=O)N3CCCC(F)(F)C3)co2)cc1I. The van der Waals surface area contributed by atoms with Crippen molar-refractivity contribution in [1.82, 2.24) is 15.2 Å². The first-order chi connectivity index (χ1) is 15.8. The molecule has 172 valence electrons. The molecule has 0 saturated carbocycles. The average molecular weight is 565 g/mol. The van der Waals surface area contributed by atoms with Gasteiger partial charge in [0.25, 0.3) is 11.8 Å². The number of alkyl halides is 2. The molecule has 0 aliphatic carbocycles. The van der Waals surface area contributed by atoms with Crippen molar-refractivity contribution in [2.75, 3.05) is 13.1 Å². The number of likely N-dealkylation sites (tertiary alicyclic amines) is 1. The van der Waals surface area contributed by atoms with Crippen LogP contribution in [-0.2, 0) is 17.8 Å². The standard InChI is InChI=1S/C24H22F2IN3O3/c25-24(26)9-4-10-30(15-24)23(32)20-14-33-22(29-20)17-7-8-18(19(27)12-17)13-28-21(31)11-16-5-2-1-3-6-16/h1-3,5-8,12,14H,4,9-11,13,15H2,(H,28,31). The van der Waals surface area contributed by atoms with Crippen molar-refractivity contribution in [1.29, 1.82) is 0 Å². The molecule has 1 fully saturated rings. The molecule has 2 amide bonds. The Bertz CT molecular complexity index is 1150. The fourth-order valence-electron chi connectivity index (χ4n) is 3.67. The van der Waals surface area contributed by atoms with Crippen molar-refractivity contribution in [2.24, 2.45) is 0 Å². The predicted octanol–water partition coefficient (Wildman–Crippen LogP) is 4.68.